The van der Waals surface area contributed by atoms with Crippen molar-refractivity contribution in [2.24, 2.45) is 0 Å². The van der Waals surface area contributed by atoms with Gasteiger partial charge < -0.3 is 20.6 Å². The van der Waals surface area contributed by atoms with Gasteiger partial charge in [0.25, 0.3) is 6.01 Å². The molecular formula is C11H15N3O2. The topological polar surface area (TPSA) is 84.3 Å². The lowest BCUT2D eigenvalue weighted by Crippen LogP contribution is -2.22. The highest BCUT2D eigenvalue weighted by molar-refractivity contribution is 5.86. The number of nitrogens with two attached hydrogens (primary N) is 1. The number of anilines is 2. The molecule has 86 valence electrons. The molecule has 1 unspecified atom stereocenters. The lowest BCUT2D eigenvalue weighted by molar-refractivity contribution is 0.270. The predicted molar refractivity (Wildman–Crippen MR) is 63.2 cm³/mol. The molecule has 1 aromatic carbocycles. The molecular weight excluding hydrogens is 206 g/mol. The zero-order valence-electron chi connectivity index (χ0n) is 9.10. The molecule has 0 aliphatic rings. The number of nitrogens with zero attached hydrogens (tertiary/aromatic N) is 1. The molecule has 5 heteroatoms. The number of fused-ring (bicyclic) bond motifs is 1. The van der Waals surface area contributed by atoms with Crippen LogP contribution in [0.4, 0.5) is 11.7 Å². The van der Waals surface area contributed by atoms with Crippen molar-refractivity contribution in [3.05, 3.63) is 18.2 Å². The molecule has 1 aromatic heterocycles. The third kappa shape index (κ3) is 1.94. The van der Waals surface area contributed by atoms with E-state index in [2.05, 4.69) is 10.3 Å². The zero-order valence-corrected chi connectivity index (χ0v) is 9.10. The van der Waals surface area contributed by atoms with Crippen molar-refractivity contribution in [2.75, 3.05) is 17.7 Å². The fourth-order valence-electron chi connectivity index (χ4n) is 1.48. The van der Waals surface area contributed by atoms with Crippen LogP contribution in [-0.2, 0) is 0 Å². The second kappa shape index (κ2) is 4.40. The highest BCUT2D eigenvalue weighted by atomic mass is 16.4. The summed E-state index contributed by atoms with van der Waals surface area (Å²) >= 11 is 0. The molecule has 2 aromatic rings. The van der Waals surface area contributed by atoms with E-state index in [9.17, 15) is 0 Å². The Labute approximate surface area is 93.3 Å². The van der Waals surface area contributed by atoms with Gasteiger partial charge in [-0.25, -0.2) is 0 Å². The number of rotatable bonds is 4. The van der Waals surface area contributed by atoms with Gasteiger partial charge in [0.1, 0.15) is 5.52 Å². The van der Waals surface area contributed by atoms with Crippen LogP contribution in [0.3, 0.4) is 0 Å². The predicted octanol–water partition coefficient (Wildman–Crippen LogP) is 1.59. The minimum absolute atomic E-state index is 0.0463. The lowest BCUT2D eigenvalue weighted by Gasteiger charge is -2.10. The molecule has 0 saturated carbocycles. The van der Waals surface area contributed by atoms with Crippen LogP contribution in [0.15, 0.2) is 22.6 Å². The minimum Gasteiger partial charge on any atom is -0.423 e. The fourth-order valence-corrected chi connectivity index (χ4v) is 1.48. The maximum Gasteiger partial charge on any atom is 0.296 e. The van der Waals surface area contributed by atoms with Crippen molar-refractivity contribution in [1.82, 2.24) is 4.98 Å². The van der Waals surface area contributed by atoms with Crippen molar-refractivity contribution in [1.29, 1.82) is 0 Å². The Kier molecular flexibility index (Phi) is 2.96. The van der Waals surface area contributed by atoms with Gasteiger partial charge in [0.05, 0.1) is 18.3 Å². The van der Waals surface area contributed by atoms with Crippen LogP contribution >= 0.6 is 0 Å². The van der Waals surface area contributed by atoms with E-state index in [0.29, 0.717) is 22.8 Å². The first-order valence-corrected chi connectivity index (χ1v) is 5.27. The molecule has 0 bridgehead atoms. The summed E-state index contributed by atoms with van der Waals surface area (Å²) in [5, 5.41) is 12.1. The van der Waals surface area contributed by atoms with Gasteiger partial charge in [0.15, 0.2) is 5.58 Å². The molecule has 2 rings (SSSR count). The lowest BCUT2D eigenvalue weighted by atomic mass is 10.2. The largest absolute Gasteiger partial charge is 0.423 e. The maximum absolute atomic E-state index is 9.06. The van der Waals surface area contributed by atoms with Gasteiger partial charge in [0, 0.05) is 0 Å². The fraction of sp³-hybridized carbons (Fsp3) is 0.364. The third-order valence-corrected chi connectivity index (χ3v) is 2.49. The Hall–Kier alpha value is -1.75. The molecule has 1 heterocycles. The first kappa shape index (κ1) is 10.8. The van der Waals surface area contributed by atoms with Crippen molar-refractivity contribution in [3.8, 4) is 0 Å². The summed E-state index contributed by atoms with van der Waals surface area (Å²) in [6.07, 6.45) is 0.796. The average molecular weight is 221 g/mol. The van der Waals surface area contributed by atoms with Gasteiger partial charge in [-0.05, 0) is 18.6 Å². The number of aliphatic hydroxyl groups excluding tert-OH is 1. The number of oxazole rings is 1. The summed E-state index contributed by atoms with van der Waals surface area (Å²) in [5.74, 6) is 0. The second-order valence-corrected chi connectivity index (χ2v) is 3.65. The second-order valence-electron chi connectivity index (χ2n) is 3.65. The van der Waals surface area contributed by atoms with E-state index in [-0.39, 0.29) is 12.6 Å². The molecule has 1 atom stereocenters. The minimum atomic E-state index is -0.0470. The molecule has 0 spiro atoms. The van der Waals surface area contributed by atoms with E-state index in [1.807, 2.05) is 19.1 Å². The van der Waals surface area contributed by atoms with Gasteiger partial charge >= 0.3 is 0 Å². The maximum atomic E-state index is 9.06. The Bertz CT molecular complexity index is 477. The molecule has 0 aliphatic carbocycles. The number of nitrogen functional groups attached to an aromatic ring is 1. The highest BCUT2D eigenvalue weighted by Crippen LogP contribution is 2.23. The van der Waals surface area contributed by atoms with E-state index < -0.39 is 0 Å². The molecule has 0 fully saturated rings. The molecule has 0 radical (unpaired) electrons. The molecule has 4 N–H and O–H groups in total. The van der Waals surface area contributed by atoms with Gasteiger partial charge in [-0.15, -0.1) is 0 Å². The van der Waals surface area contributed by atoms with E-state index in [1.54, 1.807) is 6.07 Å². The summed E-state index contributed by atoms with van der Waals surface area (Å²) in [6.45, 7) is 2.02. The summed E-state index contributed by atoms with van der Waals surface area (Å²) < 4.78 is 5.47. The number of benzene rings is 1. The van der Waals surface area contributed by atoms with Crippen LogP contribution in [0, 0.1) is 0 Å². The van der Waals surface area contributed by atoms with Gasteiger partial charge in [-0.3, -0.25) is 0 Å². The van der Waals surface area contributed by atoms with E-state index >= 15 is 0 Å². The standard InChI is InChI=1S/C11H15N3O2/c1-2-7(6-15)13-11-14-10-8(12)4-3-5-9(10)16-11/h3-5,7,15H,2,6,12H2,1H3,(H,13,14). The van der Waals surface area contributed by atoms with Crippen LogP contribution in [-0.4, -0.2) is 22.7 Å². The third-order valence-electron chi connectivity index (χ3n) is 2.49. The van der Waals surface area contributed by atoms with Crippen LogP contribution < -0.4 is 11.1 Å². The Balaban J connectivity index is 2.29. The number of aromatic nitrogens is 1. The first-order chi connectivity index (χ1) is 7.74. The van der Waals surface area contributed by atoms with Crippen molar-refractivity contribution < 1.29 is 9.52 Å². The summed E-state index contributed by atoms with van der Waals surface area (Å²) in [7, 11) is 0. The Morgan fingerprint density at radius 1 is 1.56 bits per heavy atom. The first-order valence-electron chi connectivity index (χ1n) is 5.27. The SMILES string of the molecule is CCC(CO)Nc1nc2c(N)cccc2o1. The van der Waals surface area contributed by atoms with E-state index in [1.165, 1.54) is 0 Å². The van der Waals surface area contributed by atoms with Gasteiger partial charge in [-0.1, -0.05) is 13.0 Å². The zero-order chi connectivity index (χ0) is 11.5. The average Bonchev–Trinajstić information content (AvgIpc) is 2.70. The molecule has 0 aliphatic heterocycles. The number of hydrogen-bond acceptors (Lipinski definition) is 5. The Morgan fingerprint density at radius 3 is 3.00 bits per heavy atom. The number of para-hydroxylation sites is 1. The van der Waals surface area contributed by atoms with E-state index in [4.69, 9.17) is 15.3 Å². The van der Waals surface area contributed by atoms with Crippen molar-refractivity contribution in [2.45, 2.75) is 19.4 Å². The van der Waals surface area contributed by atoms with Crippen molar-refractivity contribution >= 4 is 22.8 Å². The van der Waals surface area contributed by atoms with Crippen LogP contribution in [0.25, 0.3) is 11.1 Å². The summed E-state index contributed by atoms with van der Waals surface area (Å²) in [4.78, 5) is 4.23. The van der Waals surface area contributed by atoms with Gasteiger partial charge in [-0.2, -0.15) is 4.98 Å². The van der Waals surface area contributed by atoms with E-state index in [0.717, 1.165) is 6.42 Å². The quantitative estimate of drug-likeness (QED) is 0.683. The molecule has 0 amide bonds. The monoisotopic (exact) mass is 221 g/mol. The number of hydrogen-bond donors (Lipinski definition) is 3. The van der Waals surface area contributed by atoms with Crippen LogP contribution in [0.1, 0.15) is 13.3 Å². The van der Waals surface area contributed by atoms with Crippen LogP contribution in [0.2, 0.25) is 0 Å². The smallest absolute Gasteiger partial charge is 0.296 e. The van der Waals surface area contributed by atoms with Crippen molar-refractivity contribution in [3.63, 3.8) is 0 Å². The summed E-state index contributed by atoms with van der Waals surface area (Å²) in [6, 6.07) is 5.75. The van der Waals surface area contributed by atoms with Crippen LogP contribution in [0.5, 0.6) is 0 Å². The summed E-state index contributed by atoms with van der Waals surface area (Å²) in [5.41, 5.74) is 7.65. The van der Waals surface area contributed by atoms with Gasteiger partial charge in [0.2, 0.25) is 0 Å². The molecule has 5 nitrogen and oxygen atoms in total. The molecule has 16 heavy (non-hydrogen) atoms. The number of aliphatic hydroxyl groups is 1. The highest BCUT2D eigenvalue weighted by Gasteiger charge is 2.11. The normalized spacial score (nSPS) is 12.9. The Morgan fingerprint density at radius 2 is 2.38 bits per heavy atom. The number of nitrogens with one attached hydrogen (secondary N) is 1. The molecule has 0 saturated heterocycles.